The van der Waals surface area contributed by atoms with Crippen molar-refractivity contribution in [2.45, 2.75) is 25.5 Å². The van der Waals surface area contributed by atoms with Crippen molar-refractivity contribution in [1.29, 1.82) is 0 Å². The monoisotopic (exact) mass is 221 g/mol. The summed E-state index contributed by atoms with van der Waals surface area (Å²) in [7, 11) is 1.35. The summed E-state index contributed by atoms with van der Waals surface area (Å²) in [5.41, 5.74) is -0.790. The van der Waals surface area contributed by atoms with Gasteiger partial charge in [0.05, 0.1) is 12.7 Å². The Morgan fingerprint density at radius 3 is 2.71 bits per heavy atom. The second kappa shape index (κ2) is 6.27. The third-order valence-corrected chi connectivity index (χ3v) is 2.71. The molecule has 0 rings (SSSR count). The molecular formula is C9H19NO3S. The summed E-state index contributed by atoms with van der Waals surface area (Å²) in [4.78, 5) is 11.0. The number of esters is 1. The van der Waals surface area contributed by atoms with E-state index in [2.05, 4.69) is 10.1 Å². The maximum Gasteiger partial charge on any atom is 0.322 e. The van der Waals surface area contributed by atoms with E-state index in [4.69, 9.17) is 0 Å². The van der Waals surface area contributed by atoms with Crippen molar-refractivity contribution in [2.24, 2.45) is 0 Å². The first-order valence-corrected chi connectivity index (χ1v) is 5.85. The number of methoxy groups -OCH3 is 1. The average Bonchev–Trinajstić information content (AvgIpc) is 2.13. The van der Waals surface area contributed by atoms with E-state index in [1.165, 1.54) is 7.11 Å². The standard InChI is InChI=1S/C9H19NO3S/c1-7(8(11)13-3)10-5-9(2,12)6-14-4/h7,10,12H,5-6H2,1-4H3. The van der Waals surface area contributed by atoms with Crippen LogP contribution in [0.1, 0.15) is 13.8 Å². The topological polar surface area (TPSA) is 58.6 Å². The lowest BCUT2D eigenvalue weighted by Gasteiger charge is -2.24. The summed E-state index contributed by atoms with van der Waals surface area (Å²) in [6, 6.07) is -0.381. The number of hydrogen-bond acceptors (Lipinski definition) is 5. The molecule has 0 fully saturated rings. The predicted octanol–water partition coefficient (Wildman–Crippen LogP) is 0.251. The highest BCUT2D eigenvalue weighted by Crippen LogP contribution is 2.09. The highest BCUT2D eigenvalue weighted by Gasteiger charge is 2.22. The highest BCUT2D eigenvalue weighted by atomic mass is 32.2. The lowest BCUT2D eigenvalue weighted by molar-refractivity contribution is -0.142. The van der Waals surface area contributed by atoms with E-state index in [-0.39, 0.29) is 12.0 Å². The zero-order valence-corrected chi connectivity index (χ0v) is 9.98. The molecule has 0 aromatic heterocycles. The van der Waals surface area contributed by atoms with Gasteiger partial charge in [0.2, 0.25) is 0 Å². The molecule has 0 saturated heterocycles. The van der Waals surface area contributed by atoms with Gasteiger partial charge in [-0.2, -0.15) is 11.8 Å². The van der Waals surface area contributed by atoms with Crippen molar-refractivity contribution in [3.63, 3.8) is 0 Å². The maximum absolute atomic E-state index is 11.0. The van der Waals surface area contributed by atoms with Crippen LogP contribution in [-0.4, -0.2) is 48.4 Å². The number of thioether (sulfide) groups is 1. The average molecular weight is 221 g/mol. The van der Waals surface area contributed by atoms with E-state index in [0.717, 1.165) is 0 Å². The van der Waals surface area contributed by atoms with Gasteiger partial charge in [0, 0.05) is 12.3 Å². The van der Waals surface area contributed by atoms with Crippen molar-refractivity contribution in [3.05, 3.63) is 0 Å². The molecule has 0 aromatic carbocycles. The van der Waals surface area contributed by atoms with Gasteiger partial charge in [-0.25, -0.2) is 0 Å². The van der Waals surface area contributed by atoms with Crippen LogP contribution in [0.4, 0.5) is 0 Å². The first-order valence-electron chi connectivity index (χ1n) is 4.45. The van der Waals surface area contributed by atoms with Gasteiger partial charge in [0.25, 0.3) is 0 Å². The summed E-state index contributed by atoms with van der Waals surface area (Å²) in [5, 5.41) is 12.7. The van der Waals surface area contributed by atoms with E-state index in [1.54, 1.807) is 25.6 Å². The minimum absolute atomic E-state index is 0.315. The lowest BCUT2D eigenvalue weighted by Crippen LogP contribution is -2.46. The molecule has 0 bridgehead atoms. The molecule has 0 spiro atoms. The van der Waals surface area contributed by atoms with Gasteiger partial charge >= 0.3 is 5.97 Å². The zero-order valence-electron chi connectivity index (χ0n) is 9.16. The first-order chi connectivity index (χ1) is 6.43. The van der Waals surface area contributed by atoms with Crippen LogP contribution in [0.5, 0.6) is 0 Å². The summed E-state index contributed by atoms with van der Waals surface area (Å²) in [5.74, 6) is 0.318. The fraction of sp³-hybridized carbons (Fsp3) is 0.889. The van der Waals surface area contributed by atoms with Crippen molar-refractivity contribution in [1.82, 2.24) is 5.32 Å². The lowest BCUT2D eigenvalue weighted by atomic mass is 10.1. The van der Waals surface area contributed by atoms with Crippen LogP contribution >= 0.6 is 11.8 Å². The summed E-state index contributed by atoms with van der Waals surface area (Å²) in [6.45, 7) is 3.83. The van der Waals surface area contributed by atoms with Crippen LogP contribution in [0.25, 0.3) is 0 Å². The zero-order chi connectivity index (χ0) is 11.2. The molecule has 0 heterocycles. The molecule has 2 atom stereocenters. The molecule has 14 heavy (non-hydrogen) atoms. The van der Waals surface area contributed by atoms with Gasteiger partial charge in [-0.3, -0.25) is 4.79 Å². The second-order valence-electron chi connectivity index (χ2n) is 3.56. The van der Waals surface area contributed by atoms with Gasteiger partial charge in [-0.1, -0.05) is 0 Å². The smallest absolute Gasteiger partial charge is 0.322 e. The van der Waals surface area contributed by atoms with E-state index in [0.29, 0.717) is 12.3 Å². The molecule has 0 aliphatic heterocycles. The van der Waals surface area contributed by atoms with Crippen molar-refractivity contribution < 1.29 is 14.6 Å². The Bertz CT molecular complexity index is 185. The Labute approximate surface area is 89.4 Å². The first kappa shape index (κ1) is 13.7. The number of ether oxygens (including phenoxy) is 1. The van der Waals surface area contributed by atoms with Gasteiger partial charge in [0.1, 0.15) is 6.04 Å². The Morgan fingerprint density at radius 1 is 1.71 bits per heavy atom. The largest absolute Gasteiger partial charge is 0.468 e. The van der Waals surface area contributed by atoms with Gasteiger partial charge in [0.15, 0.2) is 0 Å². The van der Waals surface area contributed by atoms with Crippen LogP contribution in [0, 0.1) is 0 Å². The van der Waals surface area contributed by atoms with Crippen LogP contribution in [-0.2, 0) is 9.53 Å². The fourth-order valence-electron chi connectivity index (χ4n) is 0.995. The Morgan fingerprint density at radius 2 is 2.29 bits per heavy atom. The molecule has 84 valence electrons. The van der Waals surface area contributed by atoms with Crippen molar-refractivity contribution >= 4 is 17.7 Å². The van der Waals surface area contributed by atoms with E-state index in [1.807, 2.05) is 6.26 Å². The molecule has 0 radical (unpaired) electrons. The number of carbonyl (C=O) groups excluding carboxylic acids is 1. The van der Waals surface area contributed by atoms with E-state index in [9.17, 15) is 9.90 Å². The SMILES string of the molecule is COC(=O)C(C)NCC(C)(O)CSC. The predicted molar refractivity (Wildman–Crippen MR) is 58.5 cm³/mol. The van der Waals surface area contributed by atoms with Crippen molar-refractivity contribution in [2.75, 3.05) is 25.7 Å². The summed E-state index contributed by atoms with van der Waals surface area (Å²) >= 11 is 1.57. The van der Waals surface area contributed by atoms with Crippen LogP contribution in [0.2, 0.25) is 0 Å². The maximum atomic E-state index is 11.0. The van der Waals surface area contributed by atoms with E-state index < -0.39 is 5.60 Å². The number of rotatable bonds is 6. The number of nitrogens with one attached hydrogen (secondary N) is 1. The van der Waals surface area contributed by atoms with Gasteiger partial charge in [-0.15, -0.1) is 0 Å². The van der Waals surface area contributed by atoms with Crippen molar-refractivity contribution in [3.8, 4) is 0 Å². The molecule has 0 aliphatic rings. The van der Waals surface area contributed by atoms with E-state index >= 15 is 0 Å². The second-order valence-corrected chi connectivity index (χ2v) is 4.42. The molecule has 0 saturated carbocycles. The molecule has 5 heteroatoms. The molecular weight excluding hydrogens is 202 g/mol. The third kappa shape index (κ3) is 5.47. The minimum atomic E-state index is -0.790. The summed E-state index contributed by atoms with van der Waals surface area (Å²) in [6.07, 6.45) is 1.93. The van der Waals surface area contributed by atoms with Gasteiger partial charge < -0.3 is 15.2 Å². The minimum Gasteiger partial charge on any atom is -0.468 e. The molecule has 0 amide bonds. The Kier molecular flexibility index (Phi) is 6.15. The number of carbonyl (C=O) groups is 1. The molecule has 0 aliphatic carbocycles. The summed E-state index contributed by atoms with van der Waals surface area (Å²) < 4.78 is 4.55. The van der Waals surface area contributed by atoms with Gasteiger partial charge in [-0.05, 0) is 20.1 Å². The number of aliphatic hydroxyl groups is 1. The Balaban J connectivity index is 3.86. The molecule has 2 unspecified atom stereocenters. The quantitative estimate of drug-likeness (QED) is 0.630. The van der Waals surface area contributed by atoms with Crippen LogP contribution in [0.15, 0.2) is 0 Å². The molecule has 4 nitrogen and oxygen atoms in total. The normalized spacial score (nSPS) is 17.2. The molecule has 2 N–H and O–H groups in total. The Hall–Kier alpha value is -0.260. The third-order valence-electron chi connectivity index (χ3n) is 1.80. The highest BCUT2D eigenvalue weighted by molar-refractivity contribution is 7.98. The fourth-order valence-corrected chi connectivity index (χ4v) is 1.72. The molecule has 0 aromatic rings. The van der Waals surface area contributed by atoms with Crippen LogP contribution < -0.4 is 5.32 Å². The number of hydrogen-bond donors (Lipinski definition) is 2. The van der Waals surface area contributed by atoms with Crippen LogP contribution in [0.3, 0.4) is 0 Å².